The maximum Gasteiger partial charge on any atom is 0.0967 e. The van der Waals surface area contributed by atoms with Crippen molar-refractivity contribution in [3.63, 3.8) is 0 Å². The molecular weight excluding hydrogens is 222 g/mol. The van der Waals surface area contributed by atoms with Gasteiger partial charge >= 0.3 is 0 Å². The van der Waals surface area contributed by atoms with Crippen LogP contribution in [-0.2, 0) is 0 Å². The summed E-state index contributed by atoms with van der Waals surface area (Å²) in [7, 11) is 0. The summed E-state index contributed by atoms with van der Waals surface area (Å²) in [4.78, 5) is 2.54. The van der Waals surface area contributed by atoms with Gasteiger partial charge in [-0.25, -0.2) is 0 Å². The van der Waals surface area contributed by atoms with E-state index in [0.29, 0.717) is 12.1 Å². The zero-order chi connectivity index (χ0) is 13.4. The van der Waals surface area contributed by atoms with Crippen molar-refractivity contribution in [1.29, 1.82) is 5.26 Å². The van der Waals surface area contributed by atoms with E-state index in [0.717, 1.165) is 13.0 Å². The van der Waals surface area contributed by atoms with E-state index in [-0.39, 0.29) is 6.04 Å². The predicted molar refractivity (Wildman–Crippen MR) is 76.4 cm³/mol. The van der Waals surface area contributed by atoms with Gasteiger partial charge in [0.15, 0.2) is 0 Å². The number of hydrogen-bond donors (Lipinski definition) is 1. The SMILES string of the molecule is CCCCN(CCC(C#N)NC1CC1)C(C)CC. The molecule has 1 fully saturated rings. The van der Waals surface area contributed by atoms with Gasteiger partial charge in [0.05, 0.1) is 12.1 Å². The molecule has 104 valence electrons. The first-order valence-electron chi connectivity index (χ1n) is 7.60. The zero-order valence-corrected chi connectivity index (χ0v) is 12.3. The van der Waals surface area contributed by atoms with Crippen molar-refractivity contribution in [3.8, 4) is 6.07 Å². The molecular formula is C15H29N3. The summed E-state index contributed by atoms with van der Waals surface area (Å²) in [5, 5.41) is 12.6. The topological polar surface area (TPSA) is 39.1 Å². The number of unbranched alkanes of at least 4 members (excludes halogenated alkanes) is 1. The third-order valence-corrected chi connectivity index (χ3v) is 3.89. The Morgan fingerprint density at radius 1 is 1.33 bits per heavy atom. The van der Waals surface area contributed by atoms with Crippen LogP contribution in [0.25, 0.3) is 0 Å². The minimum atomic E-state index is 0.0469. The summed E-state index contributed by atoms with van der Waals surface area (Å²) in [6, 6.07) is 3.71. The molecule has 0 aliphatic heterocycles. The van der Waals surface area contributed by atoms with Crippen molar-refractivity contribution in [2.75, 3.05) is 13.1 Å². The molecule has 2 atom stereocenters. The highest BCUT2D eigenvalue weighted by molar-refractivity contribution is 4.96. The summed E-state index contributed by atoms with van der Waals surface area (Å²) >= 11 is 0. The largest absolute Gasteiger partial charge is 0.301 e. The van der Waals surface area contributed by atoms with Crippen LogP contribution in [0.3, 0.4) is 0 Å². The maximum atomic E-state index is 9.16. The van der Waals surface area contributed by atoms with Gasteiger partial charge in [0.1, 0.15) is 0 Å². The lowest BCUT2D eigenvalue weighted by Gasteiger charge is -2.29. The van der Waals surface area contributed by atoms with E-state index in [2.05, 4.69) is 37.1 Å². The molecule has 0 bridgehead atoms. The van der Waals surface area contributed by atoms with E-state index in [1.807, 2.05) is 0 Å². The van der Waals surface area contributed by atoms with Crippen LogP contribution in [0.2, 0.25) is 0 Å². The minimum absolute atomic E-state index is 0.0469. The molecule has 18 heavy (non-hydrogen) atoms. The molecule has 3 heteroatoms. The Kier molecular flexibility index (Phi) is 7.31. The van der Waals surface area contributed by atoms with Gasteiger partial charge in [0.25, 0.3) is 0 Å². The number of hydrogen-bond acceptors (Lipinski definition) is 3. The highest BCUT2D eigenvalue weighted by Crippen LogP contribution is 2.20. The van der Waals surface area contributed by atoms with Crippen LogP contribution >= 0.6 is 0 Å². The third-order valence-electron chi connectivity index (χ3n) is 3.89. The average Bonchev–Trinajstić information content (AvgIpc) is 3.20. The summed E-state index contributed by atoms with van der Waals surface area (Å²) < 4.78 is 0. The summed E-state index contributed by atoms with van der Waals surface area (Å²) in [6.45, 7) is 9.00. The van der Waals surface area contributed by atoms with Crippen LogP contribution in [0, 0.1) is 11.3 Å². The number of nitriles is 1. The molecule has 0 aromatic rings. The van der Waals surface area contributed by atoms with E-state index in [4.69, 9.17) is 5.26 Å². The van der Waals surface area contributed by atoms with Crippen LogP contribution < -0.4 is 5.32 Å². The van der Waals surface area contributed by atoms with E-state index < -0.39 is 0 Å². The Balaban J connectivity index is 2.31. The predicted octanol–water partition coefficient (Wildman–Crippen LogP) is 2.92. The number of nitrogens with zero attached hydrogens (tertiary/aromatic N) is 2. The van der Waals surface area contributed by atoms with Crippen LogP contribution in [0.4, 0.5) is 0 Å². The molecule has 3 nitrogen and oxygen atoms in total. The summed E-state index contributed by atoms with van der Waals surface area (Å²) in [5.74, 6) is 0. The van der Waals surface area contributed by atoms with Gasteiger partial charge in [0, 0.05) is 18.6 Å². The average molecular weight is 251 g/mol. The fourth-order valence-electron chi connectivity index (χ4n) is 2.19. The first-order valence-corrected chi connectivity index (χ1v) is 7.60. The standard InChI is InChI=1S/C15H29N3/c1-4-6-10-18(13(3)5-2)11-9-15(12-16)17-14-7-8-14/h13-15,17H,4-11H2,1-3H3. The van der Waals surface area contributed by atoms with Gasteiger partial charge in [-0.1, -0.05) is 20.3 Å². The smallest absolute Gasteiger partial charge is 0.0967 e. The molecule has 0 radical (unpaired) electrons. The Morgan fingerprint density at radius 2 is 2.06 bits per heavy atom. The zero-order valence-electron chi connectivity index (χ0n) is 12.3. The van der Waals surface area contributed by atoms with Crippen molar-refractivity contribution in [2.24, 2.45) is 0 Å². The normalized spacial score (nSPS) is 18.6. The molecule has 0 spiro atoms. The van der Waals surface area contributed by atoms with E-state index >= 15 is 0 Å². The Labute approximate surface area is 113 Å². The van der Waals surface area contributed by atoms with E-state index in [1.54, 1.807) is 0 Å². The lowest BCUT2D eigenvalue weighted by Crippen LogP contribution is -2.38. The first kappa shape index (κ1) is 15.5. The second-order valence-electron chi connectivity index (χ2n) is 5.56. The molecule has 0 saturated heterocycles. The molecule has 0 heterocycles. The Hall–Kier alpha value is -0.590. The van der Waals surface area contributed by atoms with Gasteiger partial charge < -0.3 is 4.90 Å². The van der Waals surface area contributed by atoms with Crippen molar-refractivity contribution in [2.45, 2.75) is 77.4 Å². The van der Waals surface area contributed by atoms with Crippen LogP contribution in [-0.4, -0.2) is 36.1 Å². The van der Waals surface area contributed by atoms with E-state index in [1.165, 1.54) is 38.6 Å². The molecule has 0 amide bonds. The van der Waals surface area contributed by atoms with Crippen molar-refractivity contribution in [3.05, 3.63) is 0 Å². The Morgan fingerprint density at radius 3 is 2.56 bits per heavy atom. The highest BCUT2D eigenvalue weighted by atomic mass is 15.1. The minimum Gasteiger partial charge on any atom is -0.301 e. The van der Waals surface area contributed by atoms with E-state index in [9.17, 15) is 0 Å². The highest BCUT2D eigenvalue weighted by Gasteiger charge is 2.24. The van der Waals surface area contributed by atoms with Gasteiger partial charge in [-0.2, -0.15) is 5.26 Å². The summed E-state index contributed by atoms with van der Waals surface area (Å²) in [5.41, 5.74) is 0. The fourth-order valence-corrected chi connectivity index (χ4v) is 2.19. The lowest BCUT2D eigenvalue weighted by atomic mass is 10.1. The monoisotopic (exact) mass is 251 g/mol. The van der Waals surface area contributed by atoms with Crippen LogP contribution in [0.1, 0.15) is 59.3 Å². The van der Waals surface area contributed by atoms with Gasteiger partial charge in [0.2, 0.25) is 0 Å². The molecule has 1 aliphatic rings. The fraction of sp³-hybridized carbons (Fsp3) is 0.933. The van der Waals surface area contributed by atoms with Gasteiger partial charge in [-0.15, -0.1) is 0 Å². The second kappa shape index (κ2) is 8.50. The van der Waals surface area contributed by atoms with Gasteiger partial charge in [-0.05, 0) is 45.6 Å². The van der Waals surface area contributed by atoms with Crippen LogP contribution in [0.5, 0.6) is 0 Å². The molecule has 0 aromatic carbocycles. The quantitative estimate of drug-likeness (QED) is 0.649. The second-order valence-corrected chi connectivity index (χ2v) is 5.56. The lowest BCUT2D eigenvalue weighted by molar-refractivity contribution is 0.194. The molecule has 1 rings (SSSR count). The van der Waals surface area contributed by atoms with Gasteiger partial charge in [-0.3, -0.25) is 5.32 Å². The molecule has 2 unspecified atom stereocenters. The third kappa shape index (κ3) is 5.84. The molecule has 1 saturated carbocycles. The van der Waals surface area contributed by atoms with Crippen molar-refractivity contribution >= 4 is 0 Å². The van der Waals surface area contributed by atoms with Crippen LogP contribution in [0.15, 0.2) is 0 Å². The number of nitrogens with one attached hydrogen (secondary N) is 1. The van der Waals surface area contributed by atoms with Crippen molar-refractivity contribution < 1.29 is 0 Å². The molecule has 0 aromatic heterocycles. The number of rotatable bonds is 10. The molecule has 1 N–H and O–H groups in total. The maximum absolute atomic E-state index is 9.16. The first-order chi connectivity index (χ1) is 8.71. The summed E-state index contributed by atoms with van der Waals surface area (Å²) in [6.07, 6.45) is 7.16. The molecule has 1 aliphatic carbocycles. The van der Waals surface area contributed by atoms with Crippen molar-refractivity contribution in [1.82, 2.24) is 10.2 Å². The Bertz CT molecular complexity index is 255.